The van der Waals surface area contributed by atoms with Gasteiger partial charge in [0, 0.05) is 18.0 Å². The van der Waals surface area contributed by atoms with Crippen molar-refractivity contribution in [1.29, 1.82) is 0 Å². The van der Waals surface area contributed by atoms with Crippen LogP contribution >= 0.6 is 0 Å². The van der Waals surface area contributed by atoms with Gasteiger partial charge in [0.15, 0.2) is 0 Å². The van der Waals surface area contributed by atoms with Gasteiger partial charge in [0.1, 0.15) is 23.1 Å². The van der Waals surface area contributed by atoms with Gasteiger partial charge in [0.2, 0.25) is 15.0 Å². The number of aryl methyl sites for hydroxylation is 1. The number of nitrogens with zero attached hydrogens (tertiary/aromatic N) is 2. The lowest BCUT2D eigenvalue weighted by atomic mass is 9.81. The molecule has 0 unspecified atom stereocenters. The molecule has 9 nitrogen and oxygen atoms in total. The summed E-state index contributed by atoms with van der Waals surface area (Å²) in [5.41, 5.74) is 4.06. The van der Waals surface area contributed by atoms with Gasteiger partial charge >= 0.3 is 0 Å². The van der Waals surface area contributed by atoms with Crippen molar-refractivity contribution in [3.63, 3.8) is 0 Å². The van der Waals surface area contributed by atoms with Crippen molar-refractivity contribution in [1.82, 2.24) is 9.97 Å². The van der Waals surface area contributed by atoms with Crippen LogP contribution in [0.5, 0.6) is 5.75 Å². The largest absolute Gasteiger partial charge is 0.489 e. The predicted molar refractivity (Wildman–Crippen MR) is 163 cm³/mol. The fourth-order valence-electron chi connectivity index (χ4n) is 4.29. The lowest BCUT2D eigenvalue weighted by molar-refractivity contribution is 0.0881. The van der Waals surface area contributed by atoms with Crippen molar-refractivity contribution in [3.05, 3.63) is 95.7 Å². The third-order valence-corrected chi connectivity index (χ3v) is 8.59. The van der Waals surface area contributed by atoms with Crippen LogP contribution in [-0.2, 0) is 36.6 Å². The van der Waals surface area contributed by atoms with E-state index in [2.05, 4.69) is 14.7 Å². The Morgan fingerprint density at radius 3 is 2.19 bits per heavy atom. The molecular weight excluding hydrogens is 574 g/mol. The summed E-state index contributed by atoms with van der Waals surface area (Å²) in [6.07, 6.45) is 2.13. The van der Waals surface area contributed by atoms with Crippen molar-refractivity contribution < 1.29 is 26.3 Å². The molecule has 1 N–H and O–H groups in total. The number of aromatic nitrogens is 2. The molecule has 0 saturated heterocycles. The van der Waals surface area contributed by atoms with E-state index in [1.54, 1.807) is 6.07 Å². The van der Waals surface area contributed by atoms with Crippen molar-refractivity contribution in [2.75, 3.05) is 24.2 Å². The summed E-state index contributed by atoms with van der Waals surface area (Å²) in [7, 11) is -8.05. The lowest BCUT2D eigenvalue weighted by Gasteiger charge is -2.27. The van der Waals surface area contributed by atoms with Gasteiger partial charge in [-0.05, 0) is 41.2 Å². The van der Waals surface area contributed by atoms with E-state index in [9.17, 15) is 16.8 Å². The number of benzene rings is 3. The SMILES string of the molecule is Cc1ccc(-c2c(C(C)(C)C)ccc(S(=O)(=O)Nc3ccnc(S(C)(=O)=O)n3)c2OCCOCc2ccccc2)cc1. The Bertz CT molecular complexity index is 1750. The molecule has 4 rings (SSSR count). The third kappa shape index (κ3) is 7.72. The summed E-state index contributed by atoms with van der Waals surface area (Å²) in [4.78, 5) is 7.52. The molecule has 0 aliphatic carbocycles. The van der Waals surface area contributed by atoms with Crippen LogP contribution in [0.1, 0.15) is 37.5 Å². The Kier molecular flexibility index (Phi) is 9.34. The zero-order chi connectivity index (χ0) is 30.5. The second kappa shape index (κ2) is 12.6. The van der Waals surface area contributed by atoms with E-state index >= 15 is 0 Å². The summed E-state index contributed by atoms with van der Waals surface area (Å²) in [5, 5.41) is -0.488. The summed E-state index contributed by atoms with van der Waals surface area (Å²) in [6.45, 7) is 8.83. The minimum atomic E-state index is -4.29. The zero-order valence-electron chi connectivity index (χ0n) is 24.3. The summed E-state index contributed by atoms with van der Waals surface area (Å²) < 4.78 is 66.0. The average molecular weight is 610 g/mol. The van der Waals surface area contributed by atoms with Crippen molar-refractivity contribution in [2.45, 2.75) is 49.8 Å². The minimum Gasteiger partial charge on any atom is -0.489 e. The lowest BCUT2D eigenvalue weighted by Crippen LogP contribution is -2.20. The standard InChI is InChI=1S/C31H35N3O6S2/c1-22-11-13-24(14-12-22)28-25(31(2,3)4)15-16-26(29(28)40-20-19-39-21-23-9-7-6-8-10-23)42(37,38)34-27-17-18-32-30(33-27)41(5,35)36/h6-18H,19-21H2,1-5H3,(H,32,33,34). The summed E-state index contributed by atoms with van der Waals surface area (Å²) in [6, 6.07) is 22.1. The molecule has 1 aromatic heterocycles. The Labute approximate surface area is 247 Å². The van der Waals surface area contributed by atoms with Crippen LogP contribution in [0.25, 0.3) is 11.1 Å². The van der Waals surface area contributed by atoms with E-state index < -0.39 is 25.0 Å². The van der Waals surface area contributed by atoms with Gasteiger partial charge in [-0.15, -0.1) is 0 Å². The molecule has 0 atom stereocenters. The van der Waals surface area contributed by atoms with Gasteiger partial charge in [-0.2, -0.15) is 0 Å². The zero-order valence-corrected chi connectivity index (χ0v) is 25.9. The van der Waals surface area contributed by atoms with Gasteiger partial charge in [0.25, 0.3) is 10.0 Å². The fourth-order valence-corrected chi connectivity index (χ4v) is 5.95. The molecule has 0 bridgehead atoms. The first kappa shape index (κ1) is 31.1. The van der Waals surface area contributed by atoms with Crippen molar-refractivity contribution in [3.8, 4) is 16.9 Å². The number of rotatable bonds is 11. The molecule has 3 aromatic carbocycles. The highest BCUT2D eigenvalue weighted by atomic mass is 32.2. The fraction of sp³-hybridized carbons (Fsp3) is 0.290. The topological polar surface area (TPSA) is 125 Å². The van der Waals surface area contributed by atoms with E-state index in [1.807, 2.05) is 82.3 Å². The van der Waals surface area contributed by atoms with Crippen molar-refractivity contribution in [2.24, 2.45) is 0 Å². The van der Waals surface area contributed by atoms with Gasteiger partial charge in [0.05, 0.1) is 13.2 Å². The van der Waals surface area contributed by atoms with E-state index in [0.29, 0.717) is 12.2 Å². The van der Waals surface area contributed by atoms with Crippen LogP contribution in [0.15, 0.2) is 89.0 Å². The molecule has 0 spiro atoms. The highest BCUT2D eigenvalue weighted by Crippen LogP contribution is 2.43. The maximum atomic E-state index is 13.8. The highest BCUT2D eigenvalue weighted by Gasteiger charge is 2.30. The molecule has 1 heterocycles. The number of ether oxygens (including phenoxy) is 2. The molecule has 0 saturated carbocycles. The monoisotopic (exact) mass is 609 g/mol. The molecule has 0 amide bonds. The first-order chi connectivity index (χ1) is 19.8. The van der Waals surface area contributed by atoms with Gasteiger partial charge < -0.3 is 9.47 Å². The van der Waals surface area contributed by atoms with E-state index in [1.165, 1.54) is 18.3 Å². The molecule has 222 valence electrons. The molecule has 42 heavy (non-hydrogen) atoms. The van der Waals surface area contributed by atoms with Gasteiger partial charge in [-0.1, -0.05) is 87.0 Å². The molecular formula is C31H35N3O6S2. The summed E-state index contributed by atoms with van der Waals surface area (Å²) >= 11 is 0. The van der Waals surface area contributed by atoms with Crippen LogP contribution in [0, 0.1) is 6.92 Å². The number of hydrogen-bond donors (Lipinski definition) is 1. The Hall–Kier alpha value is -3.80. The minimum absolute atomic E-state index is 0.0908. The molecule has 4 aromatic rings. The maximum absolute atomic E-state index is 13.8. The second-order valence-corrected chi connectivity index (χ2v) is 14.5. The number of hydrogen-bond acceptors (Lipinski definition) is 8. The molecule has 0 radical (unpaired) electrons. The van der Waals surface area contributed by atoms with Crippen LogP contribution in [0.4, 0.5) is 5.82 Å². The smallest absolute Gasteiger partial charge is 0.266 e. The Morgan fingerprint density at radius 1 is 0.857 bits per heavy atom. The van der Waals surface area contributed by atoms with Crippen LogP contribution in [0.3, 0.4) is 0 Å². The number of anilines is 1. The second-order valence-electron chi connectivity index (χ2n) is 10.9. The molecule has 11 heteroatoms. The average Bonchev–Trinajstić information content (AvgIpc) is 2.92. The van der Waals surface area contributed by atoms with Crippen LogP contribution < -0.4 is 9.46 Å². The first-order valence-electron chi connectivity index (χ1n) is 13.3. The number of sulfone groups is 1. The maximum Gasteiger partial charge on any atom is 0.266 e. The number of nitrogens with one attached hydrogen (secondary N) is 1. The van der Waals surface area contributed by atoms with Gasteiger partial charge in [-0.3, -0.25) is 4.72 Å². The molecule has 0 aliphatic rings. The molecule has 0 aliphatic heterocycles. The van der Waals surface area contributed by atoms with E-state index in [-0.39, 0.29) is 35.1 Å². The predicted octanol–water partition coefficient (Wildman–Crippen LogP) is 5.55. The normalized spacial score (nSPS) is 12.2. The first-order valence-corrected chi connectivity index (χ1v) is 16.7. The quantitative estimate of drug-likeness (QED) is 0.173. The highest BCUT2D eigenvalue weighted by molar-refractivity contribution is 7.92. The van der Waals surface area contributed by atoms with E-state index in [4.69, 9.17) is 9.47 Å². The van der Waals surface area contributed by atoms with Crippen LogP contribution in [-0.4, -0.2) is 46.3 Å². The summed E-state index contributed by atoms with van der Waals surface area (Å²) in [5.74, 6) is -0.0150. The third-order valence-electron chi connectivity index (χ3n) is 6.35. The van der Waals surface area contributed by atoms with E-state index in [0.717, 1.165) is 28.5 Å². The van der Waals surface area contributed by atoms with Crippen LogP contribution in [0.2, 0.25) is 0 Å². The van der Waals surface area contributed by atoms with Gasteiger partial charge in [-0.25, -0.2) is 26.8 Å². The molecule has 0 fully saturated rings. The Balaban J connectivity index is 1.77. The van der Waals surface area contributed by atoms with Crippen molar-refractivity contribution >= 4 is 25.7 Å². The Morgan fingerprint density at radius 2 is 1.55 bits per heavy atom. The number of sulfonamides is 1.